The lowest BCUT2D eigenvalue weighted by atomic mass is 10.1. The predicted octanol–water partition coefficient (Wildman–Crippen LogP) is 4.65. The fourth-order valence-corrected chi connectivity index (χ4v) is 4.51. The molecule has 3 rings (SSSR count). The first-order chi connectivity index (χ1) is 16.4. The van der Waals surface area contributed by atoms with E-state index in [1.807, 2.05) is 37.6 Å². The van der Waals surface area contributed by atoms with E-state index >= 15 is 0 Å². The third-order valence-corrected chi connectivity index (χ3v) is 7.29. The van der Waals surface area contributed by atoms with Crippen molar-refractivity contribution in [2.75, 3.05) is 25.0 Å². The zero-order valence-corrected chi connectivity index (χ0v) is 22.9. The highest BCUT2D eigenvalue weighted by Crippen LogP contribution is 2.17. The molecule has 3 heterocycles. The number of hydrogen-bond acceptors (Lipinski definition) is 6. The average Bonchev–Trinajstić information content (AvgIpc) is 2.97. The summed E-state index contributed by atoms with van der Waals surface area (Å²) >= 11 is 0. The number of anilines is 1. The second-order valence-corrected chi connectivity index (χ2v) is 16.9. The first-order valence-corrected chi connectivity index (χ1v) is 16.1. The number of hydrogen-bond donors (Lipinski definition) is 2. The van der Waals surface area contributed by atoms with Crippen LogP contribution in [0.3, 0.4) is 0 Å². The SMILES string of the molecule is CC(C)(C)OC(=O)N1CCCCC(NC(=O)Nc2cnc3c(ccn3COCC[Si](C)(C)C)n2)C1. The van der Waals surface area contributed by atoms with E-state index in [-0.39, 0.29) is 18.2 Å². The Morgan fingerprint density at radius 1 is 1.23 bits per heavy atom. The molecule has 0 aromatic carbocycles. The van der Waals surface area contributed by atoms with Crippen LogP contribution in [0.1, 0.15) is 40.0 Å². The van der Waals surface area contributed by atoms with E-state index in [2.05, 4.69) is 40.2 Å². The maximum Gasteiger partial charge on any atom is 0.410 e. The number of likely N-dealkylation sites (tertiary alicyclic amines) is 1. The molecular weight excluding hydrogens is 464 g/mol. The van der Waals surface area contributed by atoms with Crippen molar-refractivity contribution in [1.29, 1.82) is 0 Å². The zero-order valence-electron chi connectivity index (χ0n) is 21.9. The number of carbonyl (C=O) groups excluding carboxylic acids is 2. The molecule has 0 spiro atoms. The van der Waals surface area contributed by atoms with Gasteiger partial charge in [0.15, 0.2) is 11.5 Å². The monoisotopic (exact) mass is 504 g/mol. The van der Waals surface area contributed by atoms with Crippen LogP contribution in [0.2, 0.25) is 25.7 Å². The lowest BCUT2D eigenvalue weighted by Gasteiger charge is -2.28. The highest BCUT2D eigenvalue weighted by molar-refractivity contribution is 6.76. The van der Waals surface area contributed by atoms with Gasteiger partial charge in [-0.1, -0.05) is 19.6 Å². The van der Waals surface area contributed by atoms with Crippen LogP contribution in [0, 0.1) is 0 Å². The average molecular weight is 505 g/mol. The smallest absolute Gasteiger partial charge is 0.410 e. The molecule has 0 saturated carbocycles. The molecule has 10 nitrogen and oxygen atoms in total. The highest BCUT2D eigenvalue weighted by atomic mass is 28.3. The molecule has 1 unspecified atom stereocenters. The standard InChI is InChI=1S/C24H40N6O4Si/c1-24(2,3)34-23(32)29-11-8-7-9-18(16-29)26-22(31)28-20-15-25-21-19(27-20)10-12-30(21)17-33-13-14-35(4,5)6/h10,12,15,18H,7-9,11,13-14,16-17H2,1-6H3,(H2,26,27,28,31). The van der Waals surface area contributed by atoms with Gasteiger partial charge in [-0.25, -0.2) is 19.6 Å². The molecule has 2 aromatic rings. The van der Waals surface area contributed by atoms with E-state index in [1.165, 1.54) is 0 Å². The first kappa shape index (κ1) is 26.9. The van der Waals surface area contributed by atoms with Gasteiger partial charge in [-0.05, 0) is 52.1 Å². The number of nitrogens with one attached hydrogen (secondary N) is 2. The second-order valence-electron chi connectivity index (χ2n) is 11.3. The van der Waals surface area contributed by atoms with Crippen LogP contribution in [0.15, 0.2) is 18.5 Å². The van der Waals surface area contributed by atoms with Crippen LogP contribution >= 0.6 is 0 Å². The van der Waals surface area contributed by atoms with Gasteiger partial charge in [0.2, 0.25) is 0 Å². The maximum atomic E-state index is 12.6. The Labute approximate surface area is 208 Å². The quantitative estimate of drug-likeness (QED) is 0.419. The minimum Gasteiger partial charge on any atom is -0.444 e. The molecule has 1 saturated heterocycles. The second kappa shape index (κ2) is 11.4. The lowest BCUT2D eigenvalue weighted by molar-refractivity contribution is 0.0245. The molecule has 11 heteroatoms. The molecule has 1 aliphatic heterocycles. The number of nitrogens with zero attached hydrogens (tertiary/aromatic N) is 4. The molecule has 2 N–H and O–H groups in total. The molecule has 2 aromatic heterocycles. The zero-order chi connectivity index (χ0) is 25.6. The molecule has 0 radical (unpaired) electrons. The Morgan fingerprint density at radius 2 is 2.00 bits per heavy atom. The van der Waals surface area contributed by atoms with E-state index in [9.17, 15) is 9.59 Å². The summed E-state index contributed by atoms with van der Waals surface area (Å²) in [6, 6.07) is 2.43. The van der Waals surface area contributed by atoms with Crippen LogP contribution in [0.25, 0.3) is 11.2 Å². The Hall–Kier alpha value is -2.66. The highest BCUT2D eigenvalue weighted by Gasteiger charge is 2.27. The van der Waals surface area contributed by atoms with E-state index in [4.69, 9.17) is 9.47 Å². The molecular formula is C24H40N6O4Si. The minimum absolute atomic E-state index is 0.170. The van der Waals surface area contributed by atoms with Gasteiger partial charge in [0, 0.05) is 40.0 Å². The lowest BCUT2D eigenvalue weighted by Crippen LogP contribution is -2.47. The fraction of sp³-hybridized carbons (Fsp3) is 0.667. The van der Waals surface area contributed by atoms with Crippen molar-refractivity contribution < 1.29 is 19.1 Å². The Balaban J connectivity index is 1.54. The summed E-state index contributed by atoms with van der Waals surface area (Å²) in [4.78, 5) is 35.8. The van der Waals surface area contributed by atoms with Crippen molar-refractivity contribution >= 4 is 37.2 Å². The van der Waals surface area contributed by atoms with Gasteiger partial charge >= 0.3 is 12.1 Å². The van der Waals surface area contributed by atoms with Gasteiger partial charge in [-0.2, -0.15) is 0 Å². The Morgan fingerprint density at radius 3 is 2.71 bits per heavy atom. The van der Waals surface area contributed by atoms with Gasteiger partial charge < -0.3 is 24.3 Å². The summed E-state index contributed by atoms with van der Waals surface area (Å²) in [5, 5.41) is 5.73. The van der Waals surface area contributed by atoms with Crippen molar-refractivity contribution in [3.8, 4) is 0 Å². The summed E-state index contributed by atoms with van der Waals surface area (Å²) < 4.78 is 13.2. The van der Waals surface area contributed by atoms with Gasteiger partial charge in [-0.3, -0.25) is 5.32 Å². The largest absolute Gasteiger partial charge is 0.444 e. The topological polar surface area (TPSA) is 111 Å². The maximum absolute atomic E-state index is 12.6. The molecule has 35 heavy (non-hydrogen) atoms. The van der Waals surface area contributed by atoms with Crippen LogP contribution in [-0.2, 0) is 16.2 Å². The number of ether oxygens (including phenoxy) is 2. The first-order valence-electron chi connectivity index (χ1n) is 12.3. The van der Waals surface area contributed by atoms with Crippen LogP contribution < -0.4 is 10.6 Å². The minimum atomic E-state index is -1.13. The van der Waals surface area contributed by atoms with E-state index < -0.39 is 13.7 Å². The van der Waals surface area contributed by atoms with Gasteiger partial charge in [0.25, 0.3) is 0 Å². The third kappa shape index (κ3) is 8.81. The van der Waals surface area contributed by atoms with Crippen molar-refractivity contribution in [1.82, 2.24) is 24.8 Å². The molecule has 3 amide bonds. The van der Waals surface area contributed by atoms with E-state index in [1.54, 1.807) is 11.1 Å². The summed E-state index contributed by atoms with van der Waals surface area (Å²) in [6.45, 7) is 14.7. The molecule has 194 valence electrons. The number of fused-ring (bicyclic) bond motifs is 1. The molecule has 0 aliphatic carbocycles. The van der Waals surface area contributed by atoms with Crippen molar-refractivity contribution in [2.45, 2.75) is 84.1 Å². The number of aromatic nitrogens is 3. The van der Waals surface area contributed by atoms with E-state index in [0.29, 0.717) is 36.8 Å². The van der Waals surface area contributed by atoms with Crippen molar-refractivity contribution in [2.24, 2.45) is 0 Å². The third-order valence-electron chi connectivity index (χ3n) is 5.59. The van der Waals surface area contributed by atoms with Gasteiger partial charge in [-0.15, -0.1) is 0 Å². The normalized spacial score (nSPS) is 17.2. The molecule has 1 aliphatic rings. The van der Waals surface area contributed by atoms with Gasteiger partial charge in [0.05, 0.1) is 6.20 Å². The van der Waals surface area contributed by atoms with E-state index in [0.717, 1.165) is 31.9 Å². The summed E-state index contributed by atoms with van der Waals surface area (Å²) in [7, 11) is -1.13. The number of rotatable bonds is 7. The summed E-state index contributed by atoms with van der Waals surface area (Å²) in [5.74, 6) is 0.366. The Kier molecular flexibility index (Phi) is 8.76. The molecule has 1 fully saturated rings. The summed E-state index contributed by atoms with van der Waals surface area (Å²) in [5.41, 5.74) is 0.836. The van der Waals surface area contributed by atoms with Crippen molar-refractivity contribution in [3.63, 3.8) is 0 Å². The number of urea groups is 1. The number of amides is 3. The van der Waals surface area contributed by atoms with Crippen LogP contribution in [0.5, 0.6) is 0 Å². The fourth-order valence-electron chi connectivity index (χ4n) is 3.76. The van der Waals surface area contributed by atoms with Crippen LogP contribution in [-0.4, -0.2) is 71.0 Å². The molecule has 0 bridgehead atoms. The predicted molar refractivity (Wildman–Crippen MR) is 139 cm³/mol. The van der Waals surface area contributed by atoms with Gasteiger partial charge in [0.1, 0.15) is 17.8 Å². The number of carbonyl (C=O) groups is 2. The van der Waals surface area contributed by atoms with Crippen LogP contribution in [0.4, 0.5) is 15.4 Å². The summed E-state index contributed by atoms with van der Waals surface area (Å²) in [6.07, 6.45) is 5.67. The Bertz CT molecular complexity index is 1010. The molecule has 1 atom stereocenters. The van der Waals surface area contributed by atoms with Crippen molar-refractivity contribution in [3.05, 3.63) is 18.5 Å².